The Labute approximate surface area is 110 Å². The quantitative estimate of drug-likeness (QED) is 0.481. The molecule has 1 rings (SSSR count). The molecule has 1 aromatic heterocycles. The molecule has 0 aliphatic heterocycles. The Morgan fingerprint density at radius 1 is 1.50 bits per heavy atom. The van der Waals surface area contributed by atoms with Crippen LogP contribution in [-0.2, 0) is 4.74 Å². The summed E-state index contributed by atoms with van der Waals surface area (Å²) in [5.74, 6) is -2.93. The van der Waals surface area contributed by atoms with Crippen molar-refractivity contribution in [1.82, 2.24) is 4.98 Å². The van der Waals surface area contributed by atoms with Gasteiger partial charge in [-0.15, -0.1) is 13.2 Å². The number of hydrogen-bond donors (Lipinski definition) is 0. The van der Waals surface area contributed by atoms with Gasteiger partial charge in [-0.3, -0.25) is 0 Å². The van der Waals surface area contributed by atoms with Crippen molar-refractivity contribution in [2.75, 3.05) is 6.61 Å². The summed E-state index contributed by atoms with van der Waals surface area (Å²) >= 11 is 0. The molecule has 0 unspecified atom stereocenters. The number of aryl methyl sites for hydroxylation is 1. The van der Waals surface area contributed by atoms with Crippen molar-refractivity contribution in [2.24, 2.45) is 0 Å². The monoisotopic (exact) mass is 294 g/mol. The van der Waals surface area contributed by atoms with Crippen LogP contribution in [0.5, 0.6) is 5.75 Å². The van der Waals surface area contributed by atoms with Crippen molar-refractivity contribution in [1.29, 1.82) is 0 Å². The van der Waals surface area contributed by atoms with Crippen molar-refractivity contribution in [3.8, 4) is 5.75 Å². The second-order valence-corrected chi connectivity index (χ2v) is 3.50. The van der Waals surface area contributed by atoms with E-state index >= 15 is 0 Å². The van der Waals surface area contributed by atoms with E-state index in [1.165, 1.54) is 6.92 Å². The number of alkyl halides is 3. The van der Waals surface area contributed by atoms with Crippen LogP contribution in [0.4, 0.5) is 19.0 Å². The first-order chi connectivity index (χ1) is 9.15. The van der Waals surface area contributed by atoms with Gasteiger partial charge in [-0.1, -0.05) is 0 Å². The lowest BCUT2D eigenvalue weighted by Crippen LogP contribution is -2.21. The minimum Gasteiger partial charge on any atom is -0.460 e. The first-order valence-electron chi connectivity index (χ1n) is 5.24. The van der Waals surface area contributed by atoms with Crippen molar-refractivity contribution >= 4 is 11.8 Å². The van der Waals surface area contributed by atoms with E-state index in [2.05, 4.69) is 14.5 Å². The topological polar surface area (TPSA) is 91.6 Å². The molecule has 0 bridgehead atoms. The van der Waals surface area contributed by atoms with Gasteiger partial charge in [0, 0.05) is 11.6 Å². The number of halogens is 3. The predicted octanol–water partition coefficient (Wildman–Crippen LogP) is 2.37. The summed E-state index contributed by atoms with van der Waals surface area (Å²) in [6.07, 6.45) is -5.07. The summed E-state index contributed by atoms with van der Waals surface area (Å²) in [6, 6.07) is 0.768. The lowest BCUT2D eigenvalue weighted by Gasteiger charge is -2.12. The molecule has 20 heavy (non-hydrogen) atoms. The van der Waals surface area contributed by atoms with Crippen LogP contribution in [0, 0.1) is 17.0 Å². The van der Waals surface area contributed by atoms with Crippen LogP contribution >= 0.6 is 0 Å². The number of aromatic nitrogens is 1. The van der Waals surface area contributed by atoms with Gasteiger partial charge in [-0.25, -0.2) is 4.79 Å². The first-order valence-corrected chi connectivity index (χ1v) is 5.24. The Morgan fingerprint density at radius 3 is 2.55 bits per heavy atom. The Kier molecular flexibility index (Phi) is 4.48. The summed E-state index contributed by atoms with van der Waals surface area (Å²) in [6.45, 7) is 2.42. The molecule has 0 fully saturated rings. The van der Waals surface area contributed by atoms with Gasteiger partial charge < -0.3 is 19.6 Å². The fraction of sp³-hybridized carbons (Fsp3) is 0.400. The standard InChI is InChI=1S/C10H9F3N2O5/c1-3-19-9(16)7-8(20-10(11,12)13)5(2)4-6(14-7)15(17)18/h4H,3H2,1-2H3. The van der Waals surface area contributed by atoms with E-state index in [0.717, 1.165) is 13.0 Å². The molecule has 0 saturated carbocycles. The zero-order valence-electron chi connectivity index (χ0n) is 10.4. The molecular formula is C10H9F3N2O5. The van der Waals surface area contributed by atoms with Crippen LogP contribution in [-0.4, -0.2) is 28.8 Å². The van der Waals surface area contributed by atoms with E-state index in [0.29, 0.717) is 0 Å². The zero-order chi connectivity index (χ0) is 15.5. The summed E-state index contributed by atoms with van der Waals surface area (Å²) in [4.78, 5) is 24.4. The van der Waals surface area contributed by atoms with Gasteiger partial charge in [0.1, 0.15) is 0 Å². The molecule has 0 radical (unpaired) electrons. The number of pyridine rings is 1. The Balaban J connectivity index is 3.40. The Hall–Kier alpha value is -2.39. The van der Waals surface area contributed by atoms with Gasteiger partial charge in [0.15, 0.2) is 5.75 Å². The van der Waals surface area contributed by atoms with Crippen LogP contribution in [0.1, 0.15) is 23.0 Å². The Morgan fingerprint density at radius 2 is 2.10 bits per heavy atom. The summed E-state index contributed by atoms with van der Waals surface area (Å²) in [5.41, 5.74) is -1.15. The largest absolute Gasteiger partial charge is 0.573 e. The number of carbonyl (C=O) groups is 1. The van der Waals surface area contributed by atoms with Crippen molar-refractivity contribution in [2.45, 2.75) is 20.2 Å². The van der Waals surface area contributed by atoms with Crippen LogP contribution in [0.15, 0.2) is 6.07 Å². The highest BCUT2D eigenvalue weighted by Gasteiger charge is 2.37. The molecule has 0 amide bonds. The number of nitro groups is 1. The average Bonchev–Trinajstić information content (AvgIpc) is 2.29. The molecule has 0 saturated heterocycles. The Bertz CT molecular complexity index is 544. The van der Waals surface area contributed by atoms with Crippen LogP contribution in [0.2, 0.25) is 0 Å². The van der Waals surface area contributed by atoms with E-state index in [1.54, 1.807) is 0 Å². The van der Waals surface area contributed by atoms with E-state index in [4.69, 9.17) is 0 Å². The third-order valence-electron chi connectivity index (χ3n) is 2.02. The number of carbonyl (C=O) groups excluding carboxylic acids is 1. The SMILES string of the molecule is CCOC(=O)c1nc([N+](=O)[O-])cc(C)c1OC(F)(F)F. The maximum absolute atomic E-state index is 12.3. The summed E-state index contributed by atoms with van der Waals surface area (Å²) in [7, 11) is 0. The van der Waals surface area contributed by atoms with E-state index in [-0.39, 0.29) is 12.2 Å². The maximum Gasteiger partial charge on any atom is 0.573 e. The molecule has 110 valence electrons. The number of esters is 1. The van der Waals surface area contributed by atoms with E-state index in [1.807, 2.05) is 0 Å². The summed E-state index contributed by atoms with van der Waals surface area (Å²) in [5, 5.41) is 10.6. The molecule has 0 aromatic carbocycles. The van der Waals surface area contributed by atoms with Crippen LogP contribution in [0.3, 0.4) is 0 Å². The highest BCUT2D eigenvalue weighted by molar-refractivity contribution is 5.91. The normalized spacial score (nSPS) is 11.1. The highest BCUT2D eigenvalue weighted by atomic mass is 19.4. The molecule has 0 aliphatic rings. The second-order valence-electron chi connectivity index (χ2n) is 3.50. The first kappa shape index (κ1) is 15.7. The lowest BCUT2D eigenvalue weighted by molar-refractivity contribution is -0.389. The number of nitrogens with zero attached hydrogens (tertiary/aromatic N) is 2. The molecule has 0 spiro atoms. The number of rotatable bonds is 4. The molecular weight excluding hydrogens is 285 g/mol. The molecule has 0 aliphatic carbocycles. The fourth-order valence-corrected chi connectivity index (χ4v) is 1.32. The third kappa shape index (κ3) is 3.80. The molecule has 1 heterocycles. The fourth-order valence-electron chi connectivity index (χ4n) is 1.32. The second kappa shape index (κ2) is 5.72. The molecule has 0 atom stereocenters. The molecule has 7 nitrogen and oxygen atoms in total. The van der Waals surface area contributed by atoms with Crippen molar-refractivity contribution < 1.29 is 32.4 Å². The average molecular weight is 294 g/mol. The van der Waals surface area contributed by atoms with Crippen molar-refractivity contribution in [3.63, 3.8) is 0 Å². The van der Waals surface area contributed by atoms with Crippen LogP contribution < -0.4 is 4.74 Å². The third-order valence-corrected chi connectivity index (χ3v) is 2.02. The lowest BCUT2D eigenvalue weighted by atomic mass is 10.2. The van der Waals surface area contributed by atoms with Gasteiger partial charge in [0.25, 0.3) is 0 Å². The highest BCUT2D eigenvalue weighted by Crippen LogP contribution is 2.31. The van der Waals surface area contributed by atoms with Gasteiger partial charge >= 0.3 is 23.8 Å². The van der Waals surface area contributed by atoms with Gasteiger partial charge in [-0.05, 0) is 23.8 Å². The predicted molar refractivity (Wildman–Crippen MR) is 58.3 cm³/mol. The smallest absolute Gasteiger partial charge is 0.460 e. The van der Waals surface area contributed by atoms with E-state index < -0.39 is 34.5 Å². The molecule has 1 aromatic rings. The minimum atomic E-state index is -5.07. The van der Waals surface area contributed by atoms with Gasteiger partial charge in [0.2, 0.25) is 0 Å². The van der Waals surface area contributed by atoms with Crippen molar-refractivity contribution in [3.05, 3.63) is 27.4 Å². The number of ether oxygens (including phenoxy) is 2. The molecule has 10 heteroatoms. The maximum atomic E-state index is 12.3. The summed E-state index contributed by atoms with van der Waals surface area (Å²) < 4.78 is 45.0. The van der Waals surface area contributed by atoms with E-state index in [9.17, 15) is 28.1 Å². The van der Waals surface area contributed by atoms with Gasteiger partial charge in [0.05, 0.1) is 6.61 Å². The zero-order valence-corrected chi connectivity index (χ0v) is 10.4. The minimum absolute atomic E-state index is 0.131. The number of hydrogen-bond acceptors (Lipinski definition) is 6. The van der Waals surface area contributed by atoms with Gasteiger partial charge in [-0.2, -0.15) is 0 Å². The molecule has 0 N–H and O–H groups in total. The van der Waals surface area contributed by atoms with Crippen LogP contribution in [0.25, 0.3) is 0 Å².